The number of nitrogens with one attached hydrogen (secondary N) is 1. The summed E-state index contributed by atoms with van der Waals surface area (Å²) in [6.45, 7) is 7.01. The van der Waals surface area contributed by atoms with E-state index in [1.165, 1.54) is 0 Å². The molecule has 0 fully saturated rings. The Hall–Kier alpha value is -2.67. The van der Waals surface area contributed by atoms with Gasteiger partial charge in [-0.15, -0.1) is 0 Å². The van der Waals surface area contributed by atoms with E-state index in [2.05, 4.69) is 15.3 Å². The summed E-state index contributed by atoms with van der Waals surface area (Å²) >= 11 is 0. The number of para-hydroxylation sites is 1. The first kappa shape index (κ1) is 17.2. The molecular formula is C18H22N4O3. The van der Waals surface area contributed by atoms with Gasteiger partial charge in [0.05, 0.1) is 22.8 Å². The molecule has 1 aromatic carbocycles. The maximum atomic E-state index is 11.1. The number of rotatable bonds is 6. The lowest BCUT2D eigenvalue weighted by Gasteiger charge is -2.26. The second-order valence-electron chi connectivity index (χ2n) is 6.57. The van der Waals surface area contributed by atoms with Crippen LogP contribution in [0.4, 0.5) is 4.79 Å². The van der Waals surface area contributed by atoms with Crippen molar-refractivity contribution in [3.8, 4) is 0 Å². The molecule has 7 nitrogen and oxygen atoms in total. The molecule has 0 saturated heterocycles. The van der Waals surface area contributed by atoms with Crippen LogP contribution in [0.15, 0.2) is 30.5 Å². The molecule has 0 aliphatic carbocycles. The fourth-order valence-corrected chi connectivity index (χ4v) is 3.01. The number of hydrogen-bond acceptors (Lipinski definition) is 4. The van der Waals surface area contributed by atoms with E-state index in [-0.39, 0.29) is 0 Å². The highest BCUT2D eigenvalue weighted by atomic mass is 16.5. The summed E-state index contributed by atoms with van der Waals surface area (Å²) in [5.74, 6) is 0.760. The van der Waals surface area contributed by atoms with E-state index in [1.807, 2.05) is 49.6 Å². The van der Waals surface area contributed by atoms with Crippen LogP contribution in [0.1, 0.15) is 26.6 Å². The third-order valence-electron chi connectivity index (χ3n) is 3.99. The van der Waals surface area contributed by atoms with Crippen molar-refractivity contribution in [3.05, 3.63) is 36.3 Å². The molecule has 2 N–H and O–H groups in total. The van der Waals surface area contributed by atoms with Gasteiger partial charge in [-0.05, 0) is 26.8 Å². The number of carboxylic acid groups (broad SMARTS) is 1. The molecule has 0 spiro atoms. The normalized spacial score (nSPS) is 12.0. The molecule has 0 aliphatic heterocycles. The summed E-state index contributed by atoms with van der Waals surface area (Å²) < 4.78 is 7.59. The first-order chi connectivity index (χ1) is 11.9. The molecule has 3 rings (SSSR count). The fraction of sp³-hybridized carbons (Fsp3) is 0.389. The van der Waals surface area contributed by atoms with Crippen molar-refractivity contribution in [2.24, 2.45) is 0 Å². The smallest absolute Gasteiger partial charge is 0.405 e. The summed E-state index contributed by atoms with van der Waals surface area (Å²) in [7, 11) is 0. The van der Waals surface area contributed by atoms with Crippen LogP contribution < -0.4 is 5.32 Å². The first-order valence-corrected chi connectivity index (χ1v) is 8.23. The minimum absolute atomic E-state index is 0.364. The van der Waals surface area contributed by atoms with Gasteiger partial charge in [0.2, 0.25) is 0 Å². The van der Waals surface area contributed by atoms with Gasteiger partial charge in [0.15, 0.2) is 0 Å². The molecule has 3 aromatic rings. The van der Waals surface area contributed by atoms with Gasteiger partial charge in [-0.1, -0.05) is 18.2 Å². The molecule has 2 aromatic heterocycles. The Morgan fingerprint density at radius 1 is 1.32 bits per heavy atom. The highest BCUT2D eigenvalue weighted by Crippen LogP contribution is 2.26. The zero-order valence-corrected chi connectivity index (χ0v) is 14.6. The van der Waals surface area contributed by atoms with Gasteiger partial charge in [-0.3, -0.25) is 4.98 Å². The number of amides is 1. The molecule has 25 heavy (non-hydrogen) atoms. The SMILES string of the molecule is CCOCc1nc2cnc3ccccc3c2n1CC(C)(C)NC(=O)O. The van der Waals surface area contributed by atoms with Gasteiger partial charge < -0.3 is 19.7 Å². The monoisotopic (exact) mass is 342 g/mol. The van der Waals surface area contributed by atoms with Crippen LogP contribution >= 0.6 is 0 Å². The van der Waals surface area contributed by atoms with Gasteiger partial charge in [0, 0.05) is 18.5 Å². The van der Waals surface area contributed by atoms with E-state index < -0.39 is 11.6 Å². The van der Waals surface area contributed by atoms with Gasteiger partial charge >= 0.3 is 6.09 Å². The number of hydrogen-bond donors (Lipinski definition) is 2. The average molecular weight is 342 g/mol. The number of imidazole rings is 1. The van der Waals surface area contributed by atoms with Crippen LogP contribution in [0, 0.1) is 0 Å². The summed E-state index contributed by atoms with van der Waals surface area (Å²) in [5, 5.41) is 12.7. The largest absolute Gasteiger partial charge is 0.465 e. The van der Waals surface area contributed by atoms with Crippen molar-refractivity contribution in [2.45, 2.75) is 39.5 Å². The second kappa shape index (κ2) is 6.68. The molecule has 0 bridgehead atoms. The van der Waals surface area contributed by atoms with E-state index in [0.29, 0.717) is 19.8 Å². The van der Waals surface area contributed by atoms with Crippen molar-refractivity contribution >= 4 is 28.0 Å². The predicted molar refractivity (Wildman–Crippen MR) is 95.6 cm³/mol. The van der Waals surface area contributed by atoms with Gasteiger partial charge in [-0.2, -0.15) is 0 Å². The topological polar surface area (TPSA) is 89.3 Å². The summed E-state index contributed by atoms with van der Waals surface area (Å²) in [6, 6.07) is 7.86. The Bertz CT molecular complexity index is 917. The third kappa shape index (κ3) is 3.56. The molecule has 0 atom stereocenters. The Morgan fingerprint density at radius 3 is 2.80 bits per heavy atom. The van der Waals surface area contributed by atoms with E-state index in [0.717, 1.165) is 27.8 Å². The average Bonchev–Trinajstić information content (AvgIpc) is 2.89. The maximum absolute atomic E-state index is 11.1. The van der Waals surface area contributed by atoms with Crippen molar-refractivity contribution < 1.29 is 14.6 Å². The van der Waals surface area contributed by atoms with Crippen LogP contribution in [0.3, 0.4) is 0 Å². The molecule has 0 radical (unpaired) electrons. The quantitative estimate of drug-likeness (QED) is 0.718. The Morgan fingerprint density at radius 2 is 2.08 bits per heavy atom. The molecular weight excluding hydrogens is 320 g/mol. The molecule has 7 heteroatoms. The van der Waals surface area contributed by atoms with Crippen LogP contribution in [0.5, 0.6) is 0 Å². The van der Waals surface area contributed by atoms with Crippen LogP contribution in [0.2, 0.25) is 0 Å². The van der Waals surface area contributed by atoms with Gasteiger partial charge in [-0.25, -0.2) is 9.78 Å². The lowest BCUT2D eigenvalue weighted by atomic mass is 10.1. The van der Waals surface area contributed by atoms with Crippen molar-refractivity contribution in [2.75, 3.05) is 6.61 Å². The molecule has 1 amide bonds. The van der Waals surface area contributed by atoms with Crippen molar-refractivity contribution in [1.82, 2.24) is 19.9 Å². The van der Waals surface area contributed by atoms with Gasteiger partial charge in [0.25, 0.3) is 0 Å². The standard InChI is InChI=1S/C18H22N4O3/c1-4-25-10-15-20-14-9-19-13-8-6-5-7-12(13)16(14)22(15)11-18(2,3)21-17(23)24/h5-9,21H,4,10-11H2,1-3H3,(H,23,24). The Labute approximate surface area is 145 Å². The minimum atomic E-state index is -1.05. The number of fused-ring (bicyclic) bond motifs is 3. The summed E-state index contributed by atoms with van der Waals surface area (Å²) in [6.07, 6.45) is 0.702. The number of carbonyl (C=O) groups is 1. The van der Waals surface area contributed by atoms with Crippen molar-refractivity contribution in [3.63, 3.8) is 0 Å². The Balaban J connectivity index is 2.17. The zero-order chi connectivity index (χ0) is 18.0. The zero-order valence-electron chi connectivity index (χ0n) is 14.6. The predicted octanol–water partition coefficient (Wildman–Crippen LogP) is 3.17. The summed E-state index contributed by atoms with van der Waals surface area (Å²) in [5.41, 5.74) is 1.94. The molecule has 0 saturated carbocycles. The van der Waals surface area contributed by atoms with E-state index in [1.54, 1.807) is 6.20 Å². The van der Waals surface area contributed by atoms with Crippen LogP contribution in [-0.4, -0.2) is 37.9 Å². The Kier molecular flexibility index (Phi) is 4.59. The number of benzene rings is 1. The molecule has 0 unspecified atom stereocenters. The number of nitrogens with zero attached hydrogens (tertiary/aromatic N) is 3. The maximum Gasteiger partial charge on any atom is 0.405 e. The highest BCUT2D eigenvalue weighted by molar-refractivity contribution is 6.02. The lowest BCUT2D eigenvalue weighted by molar-refractivity contribution is 0.124. The van der Waals surface area contributed by atoms with Crippen LogP contribution in [-0.2, 0) is 17.9 Å². The van der Waals surface area contributed by atoms with Crippen molar-refractivity contribution in [1.29, 1.82) is 0 Å². The minimum Gasteiger partial charge on any atom is -0.465 e. The number of pyridine rings is 1. The second-order valence-corrected chi connectivity index (χ2v) is 6.57. The van der Waals surface area contributed by atoms with E-state index >= 15 is 0 Å². The number of aromatic nitrogens is 3. The van der Waals surface area contributed by atoms with Gasteiger partial charge in [0.1, 0.15) is 17.9 Å². The highest BCUT2D eigenvalue weighted by Gasteiger charge is 2.24. The fourth-order valence-electron chi connectivity index (χ4n) is 3.01. The lowest BCUT2D eigenvalue weighted by Crippen LogP contribution is -2.46. The van der Waals surface area contributed by atoms with Crippen LogP contribution in [0.25, 0.3) is 21.9 Å². The first-order valence-electron chi connectivity index (χ1n) is 8.23. The van der Waals surface area contributed by atoms with E-state index in [4.69, 9.17) is 9.84 Å². The number of ether oxygens (including phenoxy) is 1. The molecule has 0 aliphatic rings. The molecule has 2 heterocycles. The molecule has 132 valence electrons. The van der Waals surface area contributed by atoms with E-state index in [9.17, 15) is 4.79 Å². The third-order valence-corrected chi connectivity index (χ3v) is 3.99. The summed E-state index contributed by atoms with van der Waals surface area (Å²) in [4.78, 5) is 20.2.